The molecular formula is C51H30N4S. The highest BCUT2D eigenvalue weighted by Crippen LogP contribution is 2.43. The van der Waals surface area contributed by atoms with Crippen LogP contribution in [0.3, 0.4) is 0 Å². The Morgan fingerprint density at radius 3 is 1.54 bits per heavy atom. The third-order valence-corrected chi connectivity index (χ3v) is 12.5. The van der Waals surface area contributed by atoms with Crippen molar-refractivity contribution in [2.45, 2.75) is 0 Å². The number of hydrogen-bond acceptors (Lipinski definition) is 4. The third-order valence-electron chi connectivity index (χ3n) is 11.3. The van der Waals surface area contributed by atoms with Crippen molar-refractivity contribution in [3.05, 3.63) is 182 Å². The largest absolute Gasteiger partial charge is 0.278 e. The molecule has 0 atom stereocenters. The molecule has 0 amide bonds. The van der Waals surface area contributed by atoms with Crippen LogP contribution >= 0.6 is 11.3 Å². The lowest BCUT2D eigenvalue weighted by Gasteiger charge is -2.12. The lowest BCUT2D eigenvalue weighted by Crippen LogP contribution is -2.06. The summed E-state index contributed by atoms with van der Waals surface area (Å²) in [6, 6.07) is 65.0. The van der Waals surface area contributed by atoms with Crippen molar-refractivity contribution in [2.75, 3.05) is 0 Å². The molecule has 0 fully saturated rings. The molecule has 0 radical (unpaired) electrons. The van der Waals surface area contributed by atoms with Crippen LogP contribution in [0.4, 0.5) is 0 Å². The zero-order valence-electron chi connectivity index (χ0n) is 30.0. The van der Waals surface area contributed by atoms with Gasteiger partial charge in [0, 0.05) is 42.1 Å². The van der Waals surface area contributed by atoms with E-state index in [0.29, 0.717) is 17.6 Å². The molecule has 0 saturated carbocycles. The van der Waals surface area contributed by atoms with Crippen LogP contribution < -0.4 is 0 Å². The number of rotatable bonds is 4. The fourth-order valence-electron chi connectivity index (χ4n) is 8.68. The lowest BCUT2D eigenvalue weighted by molar-refractivity contribution is 0.954. The minimum Gasteiger partial charge on any atom is -0.278 e. The van der Waals surface area contributed by atoms with Gasteiger partial charge in [-0.2, -0.15) is 9.97 Å². The standard InChI is InChI=1S/C51H30N4S/c1-2-13-31(14-3-1)49-52-50(54-51(53-49)55-45-23-10-8-19-39(45)40-20-9-11-24-46(40)55)42-22-12-21-41-44-30-33(26-28-47(44)56-48(41)42)32-25-27-38-36-17-5-4-15-34(36)35-16-6-7-18-37(35)43(38)29-32/h1-30H. The first-order valence-electron chi connectivity index (χ1n) is 18.9. The molecule has 0 bridgehead atoms. The highest BCUT2D eigenvalue weighted by Gasteiger charge is 2.20. The van der Waals surface area contributed by atoms with Gasteiger partial charge in [0.15, 0.2) is 11.6 Å². The van der Waals surface area contributed by atoms with Gasteiger partial charge in [0.25, 0.3) is 0 Å². The topological polar surface area (TPSA) is 43.6 Å². The summed E-state index contributed by atoms with van der Waals surface area (Å²) in [5.41, 5.74) is 6.47. The van der Waals surface area contributed by atoms with Crippen LogP contribution in [-0.4, -0.2) is 19.5 Å². The van der Waals surface area contributed by atoms with Crippen molar-refractivity contribution < 1.29 is 0 Å². The van der Waals surface area contributed by atoms with Crippen LogP contribution in [0.25, 0.3) is 114 Å². The summed E-state index contributed by atoms with van der Waals surface area (Å²) < 4.78 is 4.57. The van der Waals surface area contributed by atoms with Crippen LogP contribution in [0.2, 0.25) is 0 Å². The molecule has 0 saturated heterocycles. The molecule has 0 aliphatic rings. The Hall–Kier alpha value is -7.21. The SMILES string of the molecule is c1ccc(-c2nc(-c3cccc4c3sc3ccc(-c5ccc6c7ccccc7c7ccccc7c6c5)cc34)nc(-n3c4ccccc4c4ccccc43)n2)cc1. The summed E-state index contributed by atoms with van der Waals surface area (Å²) in [7, 11) is 0. The van der Waals surface area contributed by atoms with E-state index in [9.17, 15) is 0 Å². The van der Waals surface area contributed by atoms with E-state index in [1.165, 1.54) is 69.7 Å². The number of aromatic nitrogens is 4. The monoisotopic (exact) mass is 730 g/mol. The summed E-state index contributed by atoms with van der Waals surface area (Å²) >= 11 is 1.80. The third kappa shape index (κ3) is 4.68. The number of para-hydroxylation sites is 2. The van der Waals surface area contributed by atoms with Crippen LogP contribution in [0.15, 0.2) is 182 Å². The second-order valence-electron chi connectivity index (χ2n) is 14.4. The van der Waals surface area contributed by atoms with Gasteiger partial charge >= 0.3 is 0 Å². The van der Waals surface area contributed by atoms with Gasteiger partial charge in [0.1, 0.15) is 0 Å². The van der Waals surface area contributed by atoms with E-state index in [-0.39, 0.29) is 0 Å². The quantitative estimate of drug-likeness (QED) is 0.169. The Morgan fingerprint density at radius 2 is 0.857 bits per heavy atom. The van der Waals surface area contributed by atoms with E-state index < -0.39 is 0 Å². The fraction of sp³-hybridized carbons (Fsp3) is 0. The second-order valence-corrected chi connectivity index (χ2v) is 15.4. The van der Waals surface area contributed by atoms with E-state index in [1.807, 2.05) is 18.2 Å². The Morgan fingerprint density at radius 1 is 0.339 bits per heavy atom. The summed E-state index contributed by atoms with van der Waals surface area (Å²) in [4.78, 5) is 15.6. The van der Waals surface area contributed by atoms with E-state index in [0.717, 1.165) is 26.9 Å². The first kappa shape index (κ1) is 31.2. The molecule has 0 aliphatic heterocycles. The molecule has 5 heteroatoms. The van der Waals surface area contributed by atoms with Gasteiger partial charge in [-0.15, -0.1) is 11.3 Å². The molecule has 0 spiro atoms. The number of thiophene rings is 1. The summed E-state index contributed by atoms with van der Waals surface area (Å²) in [6.07, 6.45) is 0. The van der Waals surface area contributed by atoms with Crippen molar-refractivity contribution in [3.8, 4) is 39.9 Å². The molecule has 3 aromatic heterocycles. The smallest absolute Gasteiger partial charge is 0.238 e. The molecule has 12 rings (SSSR count). The molecule has 56 heavy (non-hydrogen) atoms. The first-order chi connectivity index (χ1) is 27.8. The Kier molecular flexibility index (Phi) is 6.76. The maximum atomic E-state index is 5.28. The van der Waals surface area contributed by atoms with Gasteiger partial charge in [-0.1, -0.05) is 146 Å². The molecule has 0 N–H and O–H groups in total. The van der Waals surface area contributed by atoms with Crippen molar-refractivity contribution in [3.63, 3.8) is 0 Å². The van der Waals surface area contributed by atoms with Gasteiger partial charge in [-0.25, -0.2) is 4.98 Å². The van der Waals surface area contributed by atoms with Gasteiger partial charge in [0.05, 0.1) is 11.0 Å². The zero-order chi connectivity index (χ0) is 36.7. The Bertz CT molecular complexity index is 3460. The first-order valence-corrected chi connectivity index (χ1v) is 19.7. The zero-order valence-corrected chi connectivity index (χ0v) is 30.8. The van der Waals surface area contributed by atoms with E-state index in [1.54, 1.807) is 11.3 Å². The maximum Gasteiger partial charge on any atom is 0.238 e. The normalized spacial score (nSPS) is 11.9. The number of hydrogen-bond donors (Lipinski definition) is 0. The Balaban J connectivity index is 1.05. The van der Waals surface area contributed by atoms with Gasteiger partial charge in [-0.05, 0) is 79.8 Å². The number of benzene rings is 9. The van der Waals surface area contributed by atoms with Crippen molar-refractivity contribution in [1.29, 1.82) is 0 Å². The van der Waals surface area contributed by atoms with E-state index in [4.69, 9.17) is 15.0 Å². The highest BCUT2D eigenvalue weighted by atomic mass is 32.1. The molecule has 260 valence electrons. The van der Waals surface area contributed by atoms with Crippen molar-refractivity contribution >= 4 is 85.6 Å². The molecular weight excluding hydrogens is 701 g/mol. The fourth-order valence-corrected chi connectivity index (χ4v) is 9.87. The van der Waals surface area contributed by atoms with E-state index >= 15 is 0 Å². The van der Waals surface area contributed by atoms with Gasteiger partial charge < -0.3 is 0 Å². The predicted octanol–water partition coefficient (Wildman–Crippen LogP) is 13.8. The van der Waals surface area contributed by atoms with Crippen LogP contribution in [0.5, 0.6) is 0 Å². The van der Waals surface area contributed by atoms with Crippen LogP contribution in [0, 0.1) is 0 Å². The summed E-state index contributed by atoms with van der Waals surface area (Å²) in [6.45, 7) is 0. The lowest BCUT2D eigenvalue weighted by atomic mass is 9.92. The molecule has 9 aromatic carbocycles. The maximum absolute atomic E-state index is 5.28. The highest BCUT2D eigenvalue weighted by molar-refractivity contribution is 7.26. The minimum absolute atomic E-state index is 0.600. The van der Waals surface area contributed by atoms with Crippen LogP contribution in [-0.2, 0) is 0 Å². The molecule has 0 aliphatic carbocycles. The number of fused-ring (bicyclic) bond motifs is 12. The Labute approximate surface area is 325 Å². The second kappa shape index (κ2) is 12.2. The van der Waals surface area contributed by atoms with Crippen molar-refractivity contribution in [1.82, 2.24) is 19.5 Å². The minimum atomic E-state index is 0.600. The van der Waals surface area contributed by atoms with E-state index in [2.05, 4.69) is 168 Å². The molecule has 3 heterocycles. The average Bonchev–Trinajstić information content (AvgIpc) is 3.82. The molecule has 0 unspecified atom stereocenters. The van der Waals surface area contributed by atoms with Gasteiger partial charge in [-0.3, -0.25) is 4.57 Å². The van der Waals surface area contributed by atoms with Crippen molar-refractivity contribution in [2.24, 2.45) is 0 Å². The average molecular weight is 731 g/mol. The van der Waals surface area contributed by atoms with Crippen LogP contribution in [0.1, 0.15) is 0 Å². The molecule has 12 aromatic rings. The summed E-state index contributed by atoms with van der Waals surface area (Å²) in [5.74, 6) is 1.90. The molecule has 4 nitrogen and oxygen atoms in total. The van der Waals surface area contributed by atoms with Gasteiger partial charge in [0.2, 0.25) is 5.95 Å². The predicted molar refractivity (Wildman–Crippen MR) is 236 cm³/mol. The summed E-state index contributed by atoms with van der Waals surface area (Å²) in [5, 5.41) is 12.5. The number of nitrogens with zero attached hydrogens (tertiary/aromatic N) is 4.